The number of hydrogen-bond donors (Lipinski definition) is 1. The SMILES string of the molecule is NC1=CN(C2CCSCC2)[N-]O1. The van der Waals surface area contributed by atoms with Gasteiger partial charge in [0.15, 0.2) is 5.88 Å². The van der Waals surface area contributed by atoms with Gasteiger partial charge in [-0.25, -0.2) is 0 Å². The predicted molar refractivity (Wildman–Crippen MR) is 48.9 cm³/mol. The van der Waals surface area contributed by atoms with E-state index >= 15 is 0 Å². The first-order chi connectivity index (χ1) is 5.86. The first-order valence-electron chi connectivity index (χ1n) is 4.07. The predicted octanol–water partition coefficient (Wildman–Crippen LogP) is 1.18. The Bertz CT molecular complexity index is 191. The van der Waals surface area contributed by atoms with E-state index in [1.165, 1.54) is 24.3 Å². The molecule has 2 aliphatic heterocycles. The third-order valence-corrected chi connectivity index (χ3v) is 3.11. The van der Waals surface area contributed by atoms with E-state index in [1.807, 2.05) is 16.8 Å². The summed E-state index contributed by atoms with van der Waals surface area (Å²) < 4.78 is 0. The minimum absolute atomic E-state index is 0.397. The molecule has 0 spiro atoms. The van der Waals surface area contributed by atoms with Crippen molar-refractivity contribution in [1.29, 1.82) is 0 Å². The van der Waals surface area contributed by atoms with Crippen LogP contribution in [0.5, 0.6) is 0 Å². The highest BCUT2D eigenvalue weighted by Gasteiger charge is 2.16. The lowest BCUT2D eigenvalue weighted by molar-refractivity contribution is 0.208. The second kappa shape index (κ2) is 3.45. The Hall–Kier alpha value is -0.550. The summed E-state index contributed by atoms with van der Waals surface area (Å²) >= 11 is 2.00. The maximum Gasteiger partial charge on any atom is 0.185 e. The second-order valence-electron chi connectivity index (χ2n) is 2.93. The third kappa shape index (κ3) is 1.61. The van der Waals surface area contributed by atoms with E-state index in [0.717, 1.165) is 0 Å². The molecule has 2 rings (SSSR count). The molecule has 4 nitrogen and oxygen atoms in total. The van der Waals surface area contributed by atoms with Crippen molar-refractivity contribution >= 4 is 11.8 Å². The highest BCUT2D eigenvalue weighted by Crippen LogP contribution is 2.27. The van der Waals surface area contributed by atoms with E-state index in [4.69, 9.17) is 10.6 Å². The molecule has 0 aromatic carbocycles. The average Bonchev–Trinajstić information content (AvgIpc) is 2.54. The number of hydrogen-bond acceptors (Lipinski definition) is 4. The van der Waals surface area contributed by atoms with Gasteiger partial charge < -0.3 is 21.2 Å². The van der Waals surface area contributed by atoms with E-state index in [0.29, 0.717) is 11.9 Å². The van der Waals surface area contributed by atoms with Crippen LogP contribution < -0.4 is 5.73 Å². The lowest BCUT2D eigenvalue weighted by Crippen LogP contribution is -2.29. The van der Waals surface area contributed by atoms with Crippen LogP contribution in [0, 0.1) is 0 Å². The van der Waals surface area contributed by atoms with Crippen molar-refractivity contribution in [1.82, 2.24) is 5.01 Å². The van der Waals surface area contributed by atoms with Gasteiger partial charge in [0, 0.05) is 12.2 Å². The lowest BCUT2D eigenvalue weighted by atomic mass is 10.1. The quantitative estimate of drug-likeness (QED) is 0.668. The van der Waals surface area contributed by atoms with Gasteiger partial charge in [-0.05, 0) is 24.3 Å². The van der Waals surface area contributed by atoms with Crippen LogP contribution in [0.1, 0.15) is 12.8 Å². The van der Waals surface area contributed by atoms with Gasteiger partial charge in [-0.3, -0.25) is 0 Å². The van der Waals surface area contributed by atoms with Crippen LogP contribution in [-0.4, -0.2) is 22.6 Å². The summed E-state index contributed by atoms with van der Waals surface area (Å²) in [6.07, 6.45) is 4.10. The second-order valence-corrected chi connectivity index (χ2v) is 4.15. The Morgan fingerprint density at radius 1 is 1.58 bits per heavy atom. The Labute approximate surface area is 76.0 Å². The largest absolute Gasteiger partial charge is 0.557 e. The molecular formula is C7H12N3OS-. The van der Waals surface area contributed by atoms with Crippen molar-refractivity contribution in [3.63, 3.8) is 0 Å². The van der Waals surface area contributed by atoms with Crippen LogP contribution in [0.25, 0.3) is 5.59 Å². The highest BCUT2D eigenvalue weighted by atomic mass is 32.2. The molecule has 0 atom stereocenters. The summed E-state index contributed by atoms with van der Waals surface area (Å²) in [5.41, 5.74) is 9.28. The van der Waals surface area contributed by atoms with Crippen LogP contribution in [0.15, 0.2) is 12.1 Å². The fraction of sp³-hybridized carbons (Fsp3) is 0.714. The smallest absolute Gasteiger partial charge is 0.185 e. The van der Waals surface area contributed by atoms with E-state index in [9.17, 15) is 0 Å². The summed E-state index contributed by atoms with van der Waals surface area (Å²) in [5.74, 6) is 2.82. The van der Waals surface area contributed by atoms with Crippen molar-refractivity contribution in [2.24, 2.45) is 5.73 Å². The zero-order valence-corrected chi connectivity index (χ0v) is 7.59. The highest BCUT2D eigenvalue weighted by molar-refractivity contribution is 7.99. The maximum atomic E-state index is 5.43. The van der Waals surface area contributed by atoms with Crippen LogP contribution in [-0.2, 0) is 4.84 Å². The monoisotopic (exact) mass is 186 g/mol. The molecule has 0 aromatic rings. The van der Waals surface area contributed by atoms with Gasteiger partial charge in [0.05, 0.1) is 0 Å². The van der Waals surface area contributed by atoms with Gasteiger partial charge in [0.2, 0.25) is 0 Å². The van der Waals surface area contributed by atoms with E-state index in [1.54, 1.807) is 6.20 Å². The van der Waals surface area contributed by atoms with Gasteiger partial charge in [0.25, 0.3) is 0 Å². The molecule has 0 unspecified atom stereocenters. The summed E-state index contributed by atoms with van der Waals surface area (Å²) in [4.78, 5) is 4.80. The number of thioether (sulfide) groups is 1. The van der Waals surface area contributed by atoms with E-state index in [2.05, 4.69) is 5.59 Å². The molecule has 0 radical (unpaired) electrons. The minimum atomic E-state index is 0.397. The third-order valence-electron chi connectivity index (χ3n) is 2.06. The molecule has 0 bridgehead atoms. The molecule has 2 heterocycles. The molecule has 0 aliphatic carbocycles. The summed E-state index contributed by atoms with van der Waals surface area (Å²) in [5, 5.41) is 1.84. The van der Waals surface area contributed by atoms with Gasteiger partial charge in [-0.1, -0.05) is 0 Å². The number of nitrogens with zero attached hydrogens (tertiary/aromatic N) is 2. The van der Waals surface area contributed by atoms with Crippen LogP contribution in [0.4, 0.5) is 0 Å². The molecule has 0 aromatic heterocycles. The zero-order chi connectivity index (χ0) is 8.39. The van der Waals surface area contributed by atoms with Crippen LogP contribution >= 0.6 is 11.8 Å². The normalized spacial score (nSPS) is 25.3. The average molecular weight is 186 g/mol. The minimum Gasteiger partial charge on any atom is -0.557 e. The van der Waals surface area contributed by atoms with Crippen LogP contribution in [0.2, 0.25) is 0 Å². The van der Waals surface area contributed by atoms with Crippen molar-refractivity contribution < 1.29 is 4.84 Å². The van der Waals surface area contributed by atoms with Gasteiger partial charge in [-0.15, -0.1) is 0 Å². The molecule has 0 amide bonds. The summed E-state index contributed by atoms with van der Waals surface area (Å²) in [7, 11) is 0. The Morgan fingerprint density at radius 3 is 2.92 bits per heavy atom. The molecule has 1 saturated heterocycles. The van der Waals surface area contributed by atoms with Crippen LogP contribution in [0.3, 0.4) is 0 Å². The first-order valence-corrected chi connectivity index (χ1v) is 5.23. The first kappa shape index (κ1) is 8.07. The molecule has 0 saturated carbocycles. The summed E-state index contributed by atoms with van der Waals surface area (Å²) in [6, 6.07) is 0.493. The lowest BCUT2D eigenvalue weighted by Gasteiger charge is -2.38. The van der Waals surface area contributed by atoms with Crippen molar-refractivity contribution in [3.05, 3.63) is 17.7 Å². The molecule has 68 valence electrons. The van der Waals surface area contributed by atoms with Gasteiger partial charge >= 0.3 is 0 Å². The van der Waals surface area contributed by atoms with Crippen molar-refractivity contribution in [2.45, 2.75) is 18.9 Å². The number of rotatable bonds is 1. The van der Waals surface area contributed by atoms with E-state index < -0.39 is 0 Å². The molecule has 2 aliphatic rings. The Balaban J connectivity index is 1.91. The van der Waals surface area contributed by atoms with E-state index in [-0.39, 0.29) is 0 Å². The molecule has 12 heavy (non-hydrogen) atoms. The van der Waals surface area contributed by atoms with Gasteiger partial charge in [-0.2, -0.15) is 11.8 Å². The Kier molecular flexibility index (Phi) is 2.32. The molecule has 2 N–H and O–H groups in total. The molecule has 1 fully saturated rings. The number of nitrogens with two attached hydrogens (primary N) is 1. The summed E-state index contributed by atoms with van der Waals surface area (Å²) in [6.45, 7) is 0. The van der Waals surface area contributed by atoms with Crippen molar-refractivity contribution in [3.8, 4) is 0 Å². The molecule has 5 heteroatoms. The molecular weight excluding hydrogens is 174 g/mol. The van der Waals surface area contributed by atoms with Gasteiger partial charge in [0.1, 0.15) is 0 Å². The maximum absolute atomic E-state index is 5.43. The fourth-order valence-corrected chi connectivity index (χ4v) is 2.48. The fourth-order valence-electron chi connectivity index (χ4n) is 1.39. The van der Waals surface area contributed by atoms with Crippen molar-refractivity contribution in [2.75, 3.05) is 11.5 Å². The topological polar surface area (TPSA) is 52.6 Å². The standard InChI is InChI=1S/C7H12N3OS/c8-7-5-10(9-11-7)6-1-3-12-4-2-6/h5-6H,1-4,8H2/q-1. The zero-order valence-electron chi connectivity index (χ0n) is 6.77. The Morgan fingerprint density at radius 2 is 2.33 bits per heavy atom.